The van der Waals surface area contributed by atoms with E-state index in [2.05, 4.69) is 4.98 Å². The maximum absolute atomic E-state index is 13.3. The Morgan fingerprint density at radius 2 is 1.81 bits per heavy atom. The number of nitrogens with zero attached hydrogens (tertiary/aromatic N) is 3. The first-order chi connectivity index (χ1) is 14.8. The third-order valence-corrected chi connectivity index (χ3v) is 4.98. The van der Waals surface area contributed by atoms with E-state index >= 15 is 0 Å². The van der Waals surface area contributed by atoms with Crippen LogP contribution in [-0.2, 0) is 12.7 Å². The summed E-state index contributed by atoms with van der Waals surface area (Å²) in [7, 11) is 1.47. The van der Waals surface area contributed by atoms with Gasteiger partial charge in [-0.15, -0.1) is 0 Å². The zero-order chi connectivity index (χ0) is 22.2. The van der Waals surface area contributed by atoms with Crippen molar-refractivity contribution in [1.82, 2.24) is 4.98 Å². The fourth-order valence-corrected chi connectivity index (χ4v) is 3.40. The molecule has 0 spiro atoms. The quantitative estimate of drug-likeness (QED) is 0.553. The monoisotopic (exact) mass is 431 g/mol. The molecule has 0 atom stereocenters. The Hall–Kier alpha value is -3.62. The fraction of sp³-hybridized carbons (Fsp3) is 0.182. The second-order valence-corrected chi connectivity index (χ2v) is 6.99. The molecule has 0 aliphatic carbocycles. The molecule has 0 saturated heterocycles. The van der Waals surface area contributed by atoms with Crippen molar-refractivity contribution in [3.8, 4) is 5.88 Å². The van der Waals surface area contributed by atoms with E-state index in [9.17, 15) is 22.4 Å². The second kappa shape index (κ2) is 7.90. The maximum atomic E-state index is 13.3. The van der Waals surface area contributed by atoms with Crippen LogP contribution in [0.25, 0.3) is 0 Å². The van der Waals surface area contributed by atoms with E-state index in [-0.39, 0.29) is 24.5 Å². The maximum Gasteiger partial charge on any atom is 0.416 e. The minimum Gasteiger partial charge on any atom is -0.481 e. The van der Waals surface area contributed by atoms with Crippen molar-refractivity contribution in [3.63, 3.8) is 0 Å². The molecule has 1 aliphatic rings. The van der Waals surface area contributed by atoms with Crippen molar-refractivity contribution in [2.75, 3.05) is 23.6 Å². The molecule has 1 amide bonds. The number of carbonyl (C=O) groups is 1. The summed E-state index contributed by atoms with van der Waals surface area (Å²) < 4.78 is 58.2. The van der Waals surface area contributed by atoms with Crippen LogP contribution in [0.4, 0.5) is 28.9 Å². The van der Waals surface area contributed by atoms with Gasteiger partial charge in [-0.2, -0.15) is 13.2 Å². The molecular weight excluding hydrogens is 414 g/mol. The number of pyridine rings is 1. The smallest absolute Gasteiger partial charge is 0.416 e. The van der Waals surface area contributed by atoms with Crippen molar-refractivity contribution in [1.29, 1.82) is 0 Å². The summed E-state index contributed by atoms with van der Waals surface area (Å²) in [6.07, 6.45) is -3.08. The summed E-state index contributed by atoms with van der Waals surface area (Å²) in [6.45, 7) is 0.181. The number of amides is 1. The van der Waals surface area contributed by atoms with Gasteiger partial charge in [0.05, 0.1) is 42.5 Å². The predicted molar refractivity (Wildman–Crippen MR) is 106 cm³/mol. The van der Waals surface area contributed by atoms with E-state index in [1.54, 1.807) is 29.2 Å². The largest absolute Gasteiger partial charge is 0.481 e. The van der Waals surface area contributed by atoms with Gasteiger partial charge in [-0.05, 0) is 42.0 Å². The number of aromatic nitrogens is 1. The van der Waals surface area contributed by atoms with Crippen molar-refractivity contribution >= 4 is 17.3 Å². The van der Waals surface area contributed by atoms with Crippen LogP contribution < -0.4 is 14.5 Å². The van der Waals surface area contributed by atoms with Crippen molar-refractivity contribution in [2.45, 2.75) is 12.7 Å². The highest BCUT2D eigenvalue weighted by Gasteiger charge is 2.36. The molecule has 3 aromatic rings. The van der Waals surface area contributed by atoms with Gasteiger partial charge in [-0.3, -0.25) is 9.69 Å². The van der Waals surface area contributed by atoms with Crippen LogP contribution in [0, 0.1) is 5.82 Å². The zero-order valence-corrected chi connectivity index (χ0v) is 16.4. The van der Waals surface area contributed by atoms with Crippen LogP contribution in [0.15, 0.2) is 60.8 Å². The molecule has 0 unspecified atom stereocenters. The Bertz CT molecular complexity index is 1100. The molecule has 160 valence electrons. The number of methoxy groups -OCH3 is 1. The molecule has 9 heteroatoms. The van der Waals surface area contributed by atoms with Crippen LogP contribution in [0.2, 0.25) is 0 Å². The van der Waals surface area contributed by atoms with E-state index < -0.39 is 23.5 Å². The van der Waals surface area contributed by atoms with Crippen molar-refractivity contribution < 1.29 is 27.1 Å². The summed E-state index contributed by atoms with van der Waals surface area (Å²) in [5.74, 6) is -0.485. The molecule has 0 N–H and O–H groups in total. The Morgan fingerprint density at radius 1 is 1.06 bits per heavy atom. The fourth-order valence-electron chi connectivity index (χ4n) is 3.40. The summed E-state index contributed by atoms with van der Waals surface area (Å²) >= 11 is 0. The minimum absolute atomic E-state index is 0.00146. The number of halogens is 4. The predicted octanol–water partition coefficient (Wildman–Crippen LogP) is 4.87. The molecule has 1 aliphatic heterocycles. The molecule has 0 radical (unpaired) electrons. The molecule has 2 heterocycles. The number of hydrogen-bond donors (Lipinski definition) is 0. The Balaban J connectivity index is 1.76. The van der Waals surface area contributed by atoms with Gasteiger partial charge in [0.1, 0.15) is 5.82 Å². The van der Waals surface area contributed by atoms with E-state index in [0.717, 1.165) is 12.1 Å². The van der Waals surface area contributed by atoms with Gasteiger partial charge >= 0.3 is 6.18 Å². The summed E-state index contributed by atoms with van der Waals surface area (Å²) in [5, 5.41) is 0. The highest BCUT2D eigenvalue weighted by atomic mass is 19.4. The lowest BCUT2D eigenvalue weighted by Crippen LogP contribution is -2.46. The number of benzene rings is 2. The first-order valence-electron chi connectivity index (χ1n) is 9.29. The number of carbonyl (C=O) groups excluding carboxylic acids is 1. The van der Waals surface area contributed by atoms with Gasteiger partial charge in [-0.25, -0.2) is 9.37 Å². The first kappa shape index (κ1) is 20.6. The van der Waals surface area contributed by atoms with E-state index in [4.69, 9.17) is 4.74 Å². The van der Waals surface area contributed by atoms with Gasteiger partial charge < -0.3 is 9.64 Å². The summed E-state index contributed by atoms with van der Waals surface area (Å²) in [5.41, 5.74) is 0.620. The number of alkyl halides is 3. The minimum atomic E-state index is -4.54. The number of rotatable bonds is 4. The molecule has 5 nitrogen and oxygen atoms in total. The van der Waals surface area contributed by atoms with E-state index in [1.807, 2.05) is 0 Å². The third-order valence-electron chi connectivity index (χ3n) is 4.98. The molecular formula is C22H17F4N3O2. The molecule has 31 heavy (non-hydrogen) atoms. The lowest BCUT2D eigenvalue weighted by molar-refractivity contribution is -0.137. The van der Waals surface area contributed by atoms with Gasteiger partial charge in [0.2, 0.25) is 5.88 Å². The highest BCUT2D eigenvalue weighted by molar-refractivity contribution is 6.11. The van der Waals surface area contributed by atoms with Crippen molar-refractivity contribution in [2.24, 2.45) is 0 Å². The molecule has 0 saturated carbocycles. The van der Waals surface area contributed by atoms with Crippen LogP contribution >= 0.6 is 0 Å². The second-order valence-electron chi connectivity index (χ2n) is 6.99. The molecule has 0 bridgehead atoms. The number of ether oxygens (including phenoxy) is 1. The normalized spacial score (nSPS) is 13.9. The van der Waals surface area contributed by atoms with Gasteiger partial charge in [0.25, 0.3) is 5.91 Å². The topological polar surface area (TPSA) is 45.7 Å². The molecule has 0 fully saturated rings. The first-order valence-corrected chi connectivity index (χ1v) is 9.29. The number of anilines is 2. The van der Waals surface area contributed by atoms with Crippen LogP contribution in [0.3, 0.4) is 0 Å². The lowest BCUT2D eigenvalue weighted by Gasteiger charge is -2.38. The van der Waals surface area contributed by atoms with Crippen LogP contribution in [0.1, 0.15) is 21.5 Å². The zero-order valence-electron chi connectivity index (χ0n) is 16.4. The average molecular weight is 431 g/mol. The summed E-state index contributed by atoms with van der Waals surface area (Å²) in [6, 6.07) is 12.0. The van der Waals surface area contributed by atoms with Crippen LogP contribution in [-0.4, -0.2) is 24.7 Å². The molecule has 2 aromatic carbocycles. The van der Waals surface area contributed by atoms with Gasteiger partial charge in [0, 0.05) is 12.6 Å². The Kier molecular flexibility index (Phi) is 5.26. The molecule has 4 rings (SSSR count). The van der Waals surface area contributed by atoms with Gasteiger partial charge in [0.15, 0.2) is 0 Å². The number of fused-ring (bicyclic) bond motifs is 1. The van der Waals surface area contributed by atoms with Crippen molar-refractivity contribution in [3.05, 3.63) is 83.3 Å². The standard InChI is InChI=1S/C22H17F4N3O2/c1-31-20-9-7-17(11-27-20)29-13-28(12-14-2-5-16(23)6-3-14)19-10-15(22(24,25)26)4-8-18(19)21(29)30/h2-11H,12-13H2,1H3. The Morgan fingerprint density at radius 3 is 2.42 bits per heavy atom. The van der Waals surface area contributed by atoms with E-state index in [0.29, 0.717) is 17.1 Å². The van der Waals surface area contributed by atoms with E-state index in [1.165, 1.54) is 36.4 Å². The molecule has 1 aromatic heterocycles. The SMILES string of the molecule is COc1ccc(N2CN(Cc3ccc(F)cc3)c3cc(C(F)(F)F)ccc3C2=O)cn1. The third kappa shape index (κ3) is 4.16. The highest BCUT2D eigenvalue weighted by Crippen LogP contribution is 2.37. The average Bonchev–Trinajstić information content (AvgIpc) is 2.76. The van der Waals surface area contributed by atoms with Gasteiger partial charge in [-0.1, -0.05) is 12.1 Å². The number of hydrogen-bond acceptors (Lipinski definition) is 4. The lowest BCUT2D eigenvalue weighted by atomic mass is 10.0. The summed E-state index contributed by atoms with van der Waals surface area (Å²) in [4.78, 5) is 20.3. The Labute approximate surface area is 175 Å². The van der Waals surface area contributed by atoms with Crippen LogP contribution in [0.5, 0.6) is 5.88 Å².